The zero-order chi connectivity index (χ0) is 6.57. The van der Waals surface area contributed by atoms with Gasteiger partial charge >= 0.3 is 0 Å². The summed E-state index contributed by atoms with van der Waals surface area (Å²) in [7, 11) is 0. The van der Waals surface area contributed by atoms with E-state index < -0.39 is 11.0 Å². The van der Waals surface area contributed by atoms with Crippen molar-refractivity contribution in [3.63, 3.8) is 0 Å². The molecule has 5 nitrogen and oxygen atoms in total. The summed E-state index contributed by atoms with van der Waals surface area (Å²) < 4.78 is 0. The molecule has 0 aliphatic carbocycles. The lowest BCUT2D eigenvalue weighted by molar-refractivity contribution is -0.443. The molecule has 0 atom stereocenters. The van der Waals surface area contributed by atoms with Gasteiger partial charge in [-0.2, -0.15) is 0 Å². The standard InChI is InChI=1S/C3H2NO4/c5-1-3(2-6)4(7)8/h1-2H/q-1. The van der Waals surface area contributed by atoms with Crippen LogP contribution in [0.5, 0.6) is 0 Å². The number of aldehydes is 2. The van der Waals surface area contributed by atoms with E-state index in [4.69, 9.17) is 0 Å². The Kier molecular flexibility index (Phi) is 2.25. The highest BCUT2D eigenvalue weighted by Crippen LogP contribution is 1.87. The van der Waals surface area contributed by atoms with Gasteiger partial charge in [-0.05, 0) is 0 Å². The van der Waals surface area contributed by atoms with Gasteiger partial charge < -0.3 is 9.59 Å². The van der Waals surface area contributed by atoms with Crippen LogP contribution < -0.4 is 0 Å². The highest BCUT2D eigenvalue weighted by atomic mass is 16.6. The number of carbonyl (C=O) groups is 2. The maximum Gasteiger partial charge on any atom is 0.0710 e. The Morgan fingerprint density at radius 1 is 1.38 bits per heavy atom. The highest BCUT2D eigenvalue weighted by molar-refractivity contribution is 5.91. The topological polar surface area (TPSA) is 77.3 Å². The van der Waals surface area contributed by atoms with Gasteiger partial charge in [0.25, 0.3) is 0 Å². The monoisotopic (exact) mass is 116 g/mol. The molecule has 8 heavy (non-hydrogen) atoms. The van der Waals surface area contributed by atoms with E-state index in [1.165, 1.54) is 0 Å². The van der Waals surface area contributed by atoms with Crippen LogP contribution in [-0.4, -0.2) is 17.5 Å². The van der Waals surface area contributed by atoms with E-state index in [0.29, 0.717) is 0 Å². The molecule has 0 N–H and O–H groups in total. The van der Waals surface area contributed by atoms with Crippen LogP contribution in [0.1, 0.15) is 0 Å². The van der Waals surface area contributed by atoms with Crippen molar-refractivity contribution < 1.29 is 14.5 Å². The first kappa shape index (κ1) is 6.61. The number of rotatable bonds is 3. The molecule has 44 valence electrons. The normalized spacial score (nSPS) is 7.50. The van der Waals surface area contributed by atoms with Gasteiger partial charge in [-0.3, -0.25) is 10.1 Å². The Morgan fingerprint density at radius 3 is 1.75 bits per heavy atom. The lowest BCUT2D eigenvalue weighted by Crippen LogP contribution is -2.11. The largest absolute Gasteiger partial charge is 0.331 e. The van der Waals surface area contributed by atoms with Crippen molar-refractivity contribution in [3.8, 4) is 0 Å². The lowest BCUT2D eigenvalue weighted by Gasteiger charge is -2.01. The van der Waals surface area contributed by atoms with Crippen molar-refractivity contribution >= 4 is 12.6 Å². The molecule has 0 saturated heterocycles. The van der Waals surface area contributed by atoms with E-state index in [0.717, 1.165) is 0 Å². The zero-order valence-corrected chi connectivity index (χ0v) is 3.73. The third-order valence-electron chi connectivity index (χ3n) is 0.452. The van der Waals surface area contributed by atoms with Crippen molar-refractivity contribution in [2.75, 3.05) is 0 Å². The van der Waals surface area contributed by atoms with Gasteiger partial charge in [0.15, 0.2) is 0 Å². The van der Waals surface area contributed by atoms with Gasteiger partial charge in [-0.25, -0.2) is 0 Å². The van der Waals surface area contributed by atoms with Crippen LogP contribution in [-0.2, 0) is 9.59 Å². The van der Waals surface area contributed by atoms with Crippen molar-refractivity contribution in [3.05, 3.63) is 16.2 Å². The van der Waals surface area contributed by atoms with E-state index in [1.54, 1.807) is 0 Å². The second kappa shape index (κ2) is 2.73. The van der Waals surface area contributed by atoms with Gasteiger partial charge in [0.1, 0.15) is 0 Å². The van der Waals surface area contributed by atoms with E-state index in [1.807, 2.05) is 0 Å². The highest BCUT2D eigenvalue weighted by Gasteiger charge is 1.97. The zero-order valence-electron chi connectivity index (χ0n) is 3.73. The average molecular weight is 116 g/mol. The Labute approximate surface area is 44.4 Å². The molecule has 0 rings (SSSR count). The predicted molar refractivity (Wildman–Crippen MR) is 22.4 cm³/mol. The van der Waals surface area contributed by atoms with E-state index in [9.17, 15) is 19.7 Å². The number of nitro groups is 1. The summed E-state index contributed by atoms with van der Waals surface area (Å²) in [5, 5.41) is 9.47. The van der Waals surface area contributed by atoms with Crippen LogP contribution in [0.4, 0.5) is 0 Å². The van der Waals surface area contributed by atoms with Gasteiger partial charge in [-0.1, -0.05) is 4.92 Å². The minimum absolute atomic E-state index is 0.104. The van der Waals surface area contributed by atoms with E-state index in [-0.39, 0.29) is 12.6 Å². The summed E-state index contributed by atoms with van der Waals surface area (Å²) in [5.74, 6) is 0. The van der Waals surface area contributed by atoms with Crippen LogP contribution in [0.2, 0.25) is 0 Å². The number of hydrogen-bond donors (Lipinski definition) is 0. The predicted octanol–water partition coefficient (Wildman–Crippen LogP) is -0.807. The molecule has 0 aromatic carbocycles. The van der Waals surface area contributed by atoms with E-state index in [2.05, 4.69) is 0 Å². The quantitative estimate of drug-likeness (QED) is 0.159. The third kappa shape index (κ3) is 1.38. The first-order valence-electron chi connectivity index (χ1n) is 1.64. The van der Waals surface area contributed by atoms with Crippen LogP contribution in [0, 0.1) is 16.2 Å². The Hall–Kier alpha value is -1.39. The second-order valence-corrected chi connectivity index (χ2v) is 0.918. The molecule has 0 bridgehead atoms. The molecular weight excluding hydrogens is 114 g/mol. The first-order chi connectivity index (χ1) is 3.72. The molecule has 0 saturated carbocycles. The average Bonchev–Trinajstić information content (AvgIpc) is 1.69. The minimum Gasteiger partial charge on any atom is -0.331 e. The molecule has 0 aromatic heterocycles. The molecular formula is C3H2NO4-. The van der Waals surface area contributed by atoms with Gasteiger partial charge in [0, 0.05) is 0 Å². The summed E-state index contributed by atoms with van der Waals surface area (Å²) in [6, 6.07) is -0.954. The van der Waals surface area contributed by atoms with Gasteiger partial charge in [0.2, 0.25) is 0 Å². The summed E-state index contributed by atoms with van der Waals surface area (Å²) in [5.41, 5.74) is 0. The van der Waals surface area contributed by atoms with Crippen molar-refractivity contribution in [1.29, 1.82) is 0 Å². The molecule has 0 aliphatic heterocycles. The fraction of sp³-hybridized carbons (Fsp3) is 0. The molecule has 0 spiro atoms. The maximum absolute atomic E-state index is 9.47. The fourth-order valence-electron chi connectivity index (χ4n) is 0.114. The Balaban J connectivity index is 3.88. The Bertz CT molecular complexity index is 112. The van der Waals surface area contributed by atoms with Crippen LogP contribution in [0.25, 0.3) is 0 Å². The molecule has 0 aromatic rings. The molecule has 0 aliphatic rings. The molecule has 0 amide bonds. The molecule has 0 fully saturated rings. The second-order valence-electron chi connectivity index (χ2n) is 0.918. The summed E-state index contributed by atoms with van der Waals surface area (Å²) in [4.78, 5) is 27.4. The molecule has 0 radical (unpaired) electrons. The van der Waals surface area contributed by atoms with Crippen LogP contribution >= 0.6 is 0 Å². The van der Waals surface area contributed by atoms with Crippen LogP contribution in [0.15, 0.2) is 0 Å². The van der Waals surface area contributed by atoms with Gasteiger partial charge in [0.05, 0.1) is 18.6 Å². The molecule has 5 heteroatoms. The van der Waals surface area contributed by atoms with Crippen molar-refractivity contribution in [2.45, 2.75) is 0 Å². The third-order valence-corrected chi connectivity index (χ3v) is 0.452. The molecule has 0 heterocycles. The number of hydrogen-bond acceptors (Lipinski definition) is 4. The number of nitrogens with zero attached hydrogens (tertiary/aromatic N) is 1. The van der Waals surface area contributed by atoms with E-state index >= 15 is 0 Å². The minimum atomic E-state index is -1.04. The lowest BCUT2D eigenvalue weighted by atomic mass is 10.4. The summed E-state index contributed by atoms with van der Waals surface area (Å²) in [6.45, 7) is 0. The summed E-state index contributed by atoms with van der Waals surface area (Å²) in [6.07, 6.45) is -0.208. The summed E-state index contributed by atoms with van der Waals surface area (Å²) >= 11 is 0. The number of carbonyl (C=O) groups excluding carboxylic acids is 2. The van der Waals surface area contributed by atoms with Crippen molar-refractivity contribution in [2.24, 2.45) is 0 Å². The SMILES string of the molecule is O=C[C-](C=O)[N+](=O)[O-]. The first-order valence-corrected chi connectivity index (χ1v) is 1.64. The van der Waals surface area contributed by atoms with Gasteiger partial charge in [-0.15, -0.1) is 0 Å². The van der Waals surface area contributed by atoms with Crippen LogP contribution in [0.3, 0.4) is 0 Å². The van der Waals surface area contributed by atoms with Crippen molar-refractivity contribution in [1.82, 2.24) is 0 Å². The fourth-order valence-corrected chi connectivity index (χ4v) is 0.114. The smallest absolute Gasteiger partial charge is 0.0710 e. The molecule has 0 unspecified atom stereocenters. The maximum atomic E-state index is 9.47. The Morgan fingerprint density at radius 2 is 1.75 bits per heavy atom.